The van der Waals surface area contributed by atoms with Gasteiger partial charge in [-0.25, -0.2) is 0 Å². The first-order chi connectivity index (χ1) is 10.5. The minimum Gasteiger partial charge on any atom is -0.648 e. The maximum atomic E-state index is 5.77. The molecule has 1 aliphatic rings. The lowest BCUT2D eigenvalue weighted by atomic mass is 9.86. The van der Waals surface area contributed by atoms with Crippen molar-refractivity contribution < 1.29 is 8.85 Å². The summed E-state index contributed by atoms with van der Waals surface area (Å²) in [5, 5.41) is 0. The molecule has 3 heteroatoms. The summed E-state index contributed by atoms with van der Waals surface area (Å²) in [7, 11) is -0.349. The fourth-order valence-electron chi connectivity index (χ4n) is 2.51. The van der Waals surface area contributed by atoms with E-state index in [9.17, 15) is 0 Å². The lowest BCUT2D eigenvalue weighted by Gasteiger charge is -2.29. The van der Waals surface area contributed by atoms with Crippen LogP contribution < -0.4 is 0 Å². The highest BCUT2D eigenvalue weighted by Gasteiger charge is 2.19. The standard InChI is InChI=1S/C19H22O2Si/c1-19(2,3)16-11-9-15(10-12-16)18-13-17(20-22-21-18)14-7-5-4-6-8-14/h4-13,18,21-22H,1-3H3. The maximum absolute atomic E-state index is 5.77. The molecule has 0 aromatic heterocycles. The van der Waals surface area contributed by atoms with E-state index in [1.807, 2.05) is 18.2 Å². The first-order valence-electron chi connectivity index (χ1n) is 7.60. The van der Waals surface area contributed by atoms with Crippen LogP contribution in [0.15, 0.2) is 60.7 Å². The average Bonchev–Trinajstić information content (AvgIpc) is 2.55. The third kappa shape index (κ3) is 3.31. The summed E-state index contributed by atoms with van der Waals surface area (Å²) >= 11 is 0. The van der Waals surface area contributed by atoms with Crippen LogP contribution in [-0.2, 0) is 9.84 Å². The molecular formula is C19H22O2Si. The van der Waals surface area contributed by atoms with Crippen LogP contribution in [0.3, 0.4) is 0 Å². The van der Waals surface area contributed by atoms with E-state index in [0.717, 1.165) is 11.3 Å². The zero-order valence-electron chi connectivity index (χ0n) is 13.3. The largest absolute Gasteiger partial charge is 0.648 e. The predicted molar refractivity (Wildman–Crippen MR) is 92.8 cm³/mol. The van der Waals surface area contributed by atoms with Crippen LogP contribution in [0.4, 0.5) is 0 Å². The van der Waals surface area contributed by atoms with E-state index in [-0.39, 0.29) is 21.5 Å². The van der Waals surface area contributed by atoms with E-state index < -0.39 is 0 Å². The van der Waals surface area contributed by atoms with Crippen molar-refractivity contribution in [3.8, 4) is 0 Å². The Morgan fingerprint density at radius 2 is 1.64 bits per heavy atom. The van der Waals surface area contributed by atoms with Gasteiger partial charge in [0.2, 0.25) is 0 Å². The molecule has 1 heterocycles. The summed E-state index contributed by atoms with van der Waals surface area (Å²) < 4.78 is 10.4. The fraction of sp³-hybridized carbons (Fsp3) is 0.263. The molecule has 0 fully saturated rings. The third-order valence-electron chi connectivity index (χ3n) is 3.89. The van der Waals surface area contributed by atoms with Crippen LogP contribution in [-0.4, -0.2) is 14.4 Å². The van der Waals surface area contributed by atoms with Crippen LogP contribution in [0, 0.1) is 0 Å². The maximum Gasteiger partial charge on any atom is 0.368 e. The summed E-state index contributed by atoms with van der Waals surface area (Å²) in [5.41, 5.74) is 3.89. The molecule has 0 aliphatic carbocycles. The normalized spacial score (nSPS) is 18.5. The van der Waals surface area contributed by atoms with Gasteiger partial charge in [0, 0.05) is 17.2 Å². The molecule has 0 spiro atoms. The van der Waals surface area contributed by atoms with E-state index in [1.54, 1.807) is 0 Å². The van der Waals surface area contributed by atoms with E-state index in [2.05, 4.69) is 67.7 Å². The lowest BCUT2D eigenvalue weighted by molar-refractivity contribution is 0.0525. The van der Waals surface area contributed by atoms with Crippen molar-refractivity contribution in [2.75, 3.05) is 0 Å². The Morgan fingerprint density at radius 3 is 2.27 bits per heavy atom. The molecule has 1 unspecified atom stereocenters. The SMILES string of the molecule is CC(C)(C)c1ccc(C2C=C(c3ccccc3)O[SiH-][OH+]2)cc1. The van der Waals surface area contributed by atoms with Crippen molar-refractivity contribution in [1.29, 1.82) is 0 Å². The van der Waals surface area contributed by atoms with E-state index >= 15 is 0 Å². The van der Waals surface area contributed by atoms with Crippen molar-refractivity contribution in [2.45, 2.75) is 32.3 Å². The summed E-state index contributed by atoms with van der Waals surface area (Å²) in [4.78, 5) is 0. The van der Waals surface area contributed by atoms with Gasteiger partial charge in [0.25, 0.3) is 0 Å². The zero-order chi connectivity index (χ0) is 15.6. The van der Waals surface area contributed by atoms with Crippen molar-refractivity contribution in [3.05, 3.63) is 77.4 Å². The van der Waals surface area contributed by atoms with E-state index in [1.165, 1.54) is 11.1 Å². The molecule has 0 radical (unpaired) electrons. The minimum atomic E-state index is -0.349. The first kappa shape index (κ1) is 15.1. The van der Waals surface area contributed by atoms with Crippen molar-refractivity contribution >= 4 is 15.8 Å². The zero-order valence-corrected chi connectivity index (χ0v) is 14.4. The second-order valence-corrected chi connectivity index (χ2v) is 7.33. The first-order valence-corrected chi connectivity index (χ1v) is 8.59. The summed E-state index contributed by atoms with van der Waals surface area (Å²) in [5.74, 6) is 0.954. The monoisotopic (exact) mass is 310 g/mol. The van der Waals surface area contributed by atoms with Crippen LogP contribution in [0.2, 0.25) is 0 Å². The molecule has 2 aromatic rings. The van der Waals surface area contributed by atoms with Gasteiger partial charge in [-0.1, -0.05) is 75.4 Å². The Kier molecular flexibility index (Phi) is 4.18. The highest BCUT2D eigenvalue weighted by Crippen LogP contribution is 2.29. The molecule has 1 aliphatic heterocycles. The van der Waals surface area contributed by atoms with Gasteiger partial charge in [0.05, 0.1) is 5.76 Å². The molecule has 0 bridgehead atoms. The number of hydrogen-bond acceptors (Lipinski definition) is 1. The highest BCUT2D eigenvalue weighted by molar-refractivity contribution is 6.20. The topological polar surface area (TPSA) is 22.0 Å². The van der Waals surface area contributed by atoms with Crippen LogP contribution >= 0.6 is 0 Å². The third-order valence-corrected chi connectivity index (χ3v) is 4.69. The van der Waals surface area contributed by atoms with Gasteiger partial charge in [-0.15, -0.1) is 0 Å². The molecular weight excluding hydrogens is 288 g/mol. The molecule has 3 rings (SSSR count). The van der Waals surface area contributed by atoms with Crippen LogP contribution in [0.5, 0.6) is 0 Å². The quantitative estimate of drug-likeness (QED) is 0.609. The Hall–Kier alpha value is -1.84. The summed E-state index contributed by atoms with van der Waals surface area (Å²) in [6.45, 7) is 6.70. The van der Waals surface area contributed by atoms with Gasteiger partial charge < -0.3 is 8.85 Å². The van der Waals surface area contributed by atoms with Crippen molar-refractivity contribution in [3.63, 3.8) is 0 Å². The van der Waals surface area contributed by atoms with Gasteiger partial charge in [-0.05, 0) is 11.0 Å². The number of rotatable bonds is 2. The van der Waals surface area contributed by atoms with Gasteiger partial charge in [0.15, 0.2) is 6.10 Å². The van der Waals surface area contributed by atoms with Gasteiger partial charge in [0.1, 0.15) is 0 Å². The molecule has 114 valence electrons. The van der Waals surface area contributed by atoms with E-state index in [0.29, 0.717) is 0 Å². The smallest absolute Gasteiger partial charge is 0.368 e. The predicted octanol–water partition coefficient (Wildman–Crippen LogP) is 3.89. The summed E-state index contributed by atoms with van der Waals surface area (Å²) in [6.07, 6.45) is 2.23. The molecule has 2 nitrogen and oxygen atoms in total. The number of aliphatic hydroxyl groups is 1. The fourth-order valence-corrected chi connectivity index (χ4v) is 3.29. The minimum absolute atomic E-state index is 0.105. The molecule has 0 saturated heterocycles. The summed E-state index contributed by atoms with van der Waals surface area (Å²) in [6, 6.07) is 19.1. The van der Waals surface area contributed by atoms with Crippen LogP contribution in [0.25, 0.3) is 5.76 Å². The van der Waals surface area contributed by atoms with Crippen molar-refractivity contribution in [2.24, 2.45) is 0 Å². The van der Waals surface area contributed by atoms with Gasteiger partial charge >= 0.3 is 10.0 Å². The van der Waals surface area contributed by atoms with Gasteiger partial charge in [-0.3, -0.25) is 0 Å². The second-order valence-electron chi connectivity index (χ2n) is 6.59. The Morgan fingerprint density at radius 1 is 0.955 bits per heavy atom. The van der Waals surface area contributed by atoms with Gasteiger partial charge in [-0.2, -0.15) is 0 Å². The molecule has 1 atom stereocenters. The van der Waals surface area contributed by atoms with Crippen LogP contribution in [0.1, 0.15) is 43.6 Å². The highest BCUT2D eigenvalue weighted by atomic mass is 28.3. The average molecular weight is 310 g/mol. The lowest BCUT2D eigenvalue weighted by Crippen LogP contribution is -2.19. The Balaban J connectivity index is 1.85. The number of hydrogen-bond donors (Lipinski definition) is 0. The van der Waals surface area contributed by atoms with Crippen molar-refractivity contribution in [1.82, 2.24) is 0 Å². The molecule has 1 N–H and O–H groups in total. The van der Waals surface area contributed by atoms with E-state index in [4.69, 9.17) is 4.43 Å². The molecule has 0 amide bonds. The Bertz CT molecular complexity index is 654. The molecule has 0 saturated carbocycles. The second kappa shape index (κ2) is 6.11. The molecule has 2 aromatic carbocycles. The molecule has 22 heavy (non-hydrogen) atoms. The Labute approximate surface area is 134 Å². The number of benzene rings is 2.